The molecule has 152 valence electrons. The maximum absolute atomic E-state index is 13.0. The highest BCUT2D eigenvalue weighted by molar-refractivity contribution is 6.11. The van der Waals surface area contributed by atoms with Gasteiger partial charge in [0.2, 0.25) is 0 Å². The summed E-state index contributed by atoms with van der Waals surface area (Å²) in [6.45, 7) is 2.49. The normalized spacial score (nSPS) is 10.6. The van der Waals surface area contributed by atoms with Gasteiger partial charge in [0, 0.05) is 12.2 Å². The molecular formula is C27H23N3O. The number of nitrogens with zero attached hydrogens (tertiary/aromatic N) is 1. The average molecular weight is 406 g/mol. The predicted octanol–water partition coefficient (Wildman–Crippen LogP) is 5.12. The van der Waals surface area contributed by atoms with Gasteiger partial charge < -0.3 is 11.1 Å². The number of amides is 1. The number of carbonyl (C=O) groups is 1. The number of hydrogen-bond acceptors (Lipinski definition) is 3. The SMILES string of the molecule is Cc1ccccc1Cc1ccc2c(C(=O)NCc3ccc(C#N)cc3)c(N)ccc2c1. The van der Waals surface area contributed by atoms with Crippen molar-refractivity contribution >= 4 is 22.4 Å². The van der Waals surface area contributed by atoms with E-state index in [0.29, 0.717) is 23.4 Å². The molecule has 0 saturated carbocycles. The summed E-state index contributed by atoms with van der Waals surface area (Å²) in [4.78, 5) is 13.0. The van der Waals surface area contributed by atoms with Gasteiger partial charge in [-0.2, -0.15) is 5.26 Å². The standard InChI is InChI=1S/C27H23N3O/c1-18-4-2-3-5-22(18)14-21-10-12-24-23(15-21)11-13-25(29)26(24)27(31)30-17-20-8-6-19(16-28)7-9-20/h2-13,15H,14,17,29H2,1H3,(H,30,31). The molecule has 0 radical (unpaired) electrons. The van der Waals surface area contributed by atoms with E-state index in [1.54, 1.807) is 18.2 Å². The molecule has 31 heavy (non-hydrogen) atoms. The first-order valence-corrected chi connectivity index (χ1v) is 10.2. The summed E-state index contributed by atoms with van der Waals surface area (Å²) in [6, 6.07) is 27.5. The van der Waals surface area contributed by atoms with E-state index in [-0.39, 0.29) is 5.91 Å². The molecule has 0 bridgehead atoms. The number of carbonyl (C=O) groups excluding carboxylic acids is 1. The van der Waals surface area contributed by atoms with Gasteiger partial charge in [-0.25, -0.2) is 0 Å². The number of fused-ring (bicyclic) bond motifs is 1. The van der Waals surface area contributed by atoms with E-state index in [9.17, 15) is 4.79 Å². The van der Waals surface area contributed by atoms with E-state index < -0.39 is 0 Å². The van der Waals surface area contributed by atoms with Gasteiger partial charge in [0.05, 0.1) is 17.2 Å². The van der Waals surface area contributed by atoms with Crippen molar-refractivity contribution in [3.8, 4) is 6.07 Å². The van der Waals surface area contributed by atoms with Gasteiger partial charge in [0.25, 0.3) is 5.91 Å². The first kappa shape index (κ1) is 20.2. The molecule has 0 unspecified atom stereocenters. The number of anilines is 1. The summed E-state index contributed by atoms with van der Waals surface area (Å²) in [6.07, 6.45) is 0.840. The number of nitrogen functional groups attached to an aromatic ring is 1. The van der Waals surface area contributed by atoms with Gasteiger partial charge >= 0.3 is 0 Å². The third-order valence-electron chi connectivity index (χ3n) is 5.54. The summed E-state index contributed by atoms with van der Waals surface area (Å²) in [5.74, 6) is -0.209. The second-order valence-electron chi connectivity index (χ2n) is 7.68. The summed E-state index contributed by atoms with van der Waals surface area (Å²) in [5.41, 5.74) is 12.4. The van der Waals surface area contributed by atoms with E-state index >= 15 is 0 Å². The monoisotopic (exact) mass is 405 g/mol. The zero-order chi connectivity index (χ0) is 21.8. The number of rotatable bonds is 5. The van der Waals surface area contributed by atoms with Gasteiger partial charge in [-0.3, -0.25) is 4.79 Å². The lowest BCUT2D eigenvalue weighted by Crippen LogP contribution is -2.24. The largest absolute Gasteiger partial charge is 0.398 e. The fraction of sp³-hybridized carbons (Fsp3) is 0.111. The summed E-state index contributed by atoms with van der Waals surface area (Å²) in [5, 5.41) is 13.7. The molecule has 3 N–H and O–H groups in total. The molecule has 0 aliphatic carbocycles. The number of nitrogens with one attached hydrogen (secondary N) is 1. The van der Waals surface area contributed by atoms with Crippen LogP contribution in [-0.4, -0.2) is 5.91 Å². The molecule has 0 spiro atoms. The van der Waals surface area contributed by atoms with Crippen LogP contribution in [0.4, 0.5) is 5.69 Å². The van der Waals surface area contributed by atoms with E-state index in [0.717, 1.165) is 22.8 Å². The van der Waals surface area contributed by atoms with E-state index in [2.05, 4.69) is 48.6 Å². The fourth-order valence-corrected chi connectivity index (χ4v) is 3.76. The van der Waals surface area contributed by atoms with E-state index in [1.807, 2.05) is 30.3 Å². The Hall–Kier alpha value is -4.10. The van der Waals surface area contributed by atoms with E-state index in [4.69, 9.17) is 11.0 Å². The van der Waals surface area contributed by atoms with Crippen LogP contribution in [0.5, 0.6) is 0 Å². The molecule has 0 fully saturated rings. The second-order valence-corrected chi connectivity index (χ2v) is 7.68. The lowest BCUT2D eigenvalue weighted by molar-refractivity contribution is 0.0953. The molecule has 0 aliphatic rings. The van der Waals surface area contributed by atoms with Gasteiger partial charge in [-0.1, -0.05) is 60.7 Å². The predicted molar refractivity (Wildman–Crippen MR) is 125 cm³/mol. The molecule has 0 heterocycles. The molecular weight excluding hydrogens is 382 g/mol. The van der Waals surface area contributed by atoms with Crippen LogP contribution in [0.1, 0.15) is 38.2 Å². The van der Waals surface area contributed by atoms with Crippen molar-refractivity contribution in [3.63, 3.8) is 0 Å². The molecule has 0 aromatic heterocycles. The minimum absolute atomic E-state index is 0.209. The first-order chi connectivity index (χ1) is 15.0. The topological polar surface area (TPSA) is 78.9 Å². The number of nitriles is 1. The summed E-state index contributed by atoms with van der Waals surface area (Å²) in [7, 11) is 0. The molecule has 4 aromatic carbocycles. The minimum atomic E-state index is -0.209. The Morgan fingerprint density at radius 1 is 0.968 bits per heavy atom. The highest BCUT2D eigenvalue weighted by atomic mass is 16.1. The van der Waals surface area contributed by atoms with E-state index in [1.165, 1.54) is 16.7 Å². The Morgan fingerprint density at radius 3 is 2.45 bits per heavy atom. The Bertz CT molecular complexity index is 1300. The van der Waals surface area contributed by atoms with Crippen LogP contribution < -0.4 is 11.1 Å². The van der Waals surface area contributed by atoms with Crippen LogP contribution in [0.3, 0.4) is 0 Å². The molecule has 4 nitrogen and oxygen atoms in total. The smallest absolute Gasteiger partial charge is 0.254 e. The van der Waals surface area contributed by atoms with Crippen molar-refractivity contribution in [2.45, 2.75) is 19.9 Å². The third kappa shape index (κ3) is 4.41. The Morgan fingerprint density at radius 2 is 1.71 bits per heavy atom. The Kier molecular flexibility index (Phi) is 5.68. The average Bonchev–Trinajstić information content (AvgIpc) is 2.79. The molecule has 4 aromatic rings. The Balaban J connectivity index is 1.58. The summed E-state index contributed by atoms with van der Waals surface area (Å²) >= 11 is 0. The quantitative estimate of drug-likeness (QED) is 0.452. The van der Waals surface area contributed by atoms with Crippen molar-refractivity contribution in [2.75, 3.05) is 5.73 Å². The van der Waals surface area contributed by atoms with Crippen molar-refractivity contribution in [3.05, 3.63) is 112 Å². The van der Waals surface area contributed by atoms with Gasteiger partial charge in [0.15, 0.2) is 0 Å². The number of aryl methyl sites for hydroxylation is 1. The summed E-state index contributed by atoms with van der Waals surface area (Å²) < 4.78 is 0. The Labute approximate surface area is 181 Å². The number of nitrogens with two attached hydrogens (primary N) is 1. The highest BCUT2D eigenvalue weighted by Gasteiger charge is 2.14. The van der Waals surface area contributed by atoms with Gasteiger partial charge in [-0.15, -0.1) is 0 Å². The van der Waals surface area contributed by atoms with Crippen molar-refractivity contribution in [1.82, 2.24) is 5.32 Å². The lowest BCUT2D eigenvalue weighted by Gasteiger charge is -2.13. The van der Waals surface area contributed by atoms with Gasteiger partial charge in [0.1, 0.15) is 0 Å². The first-order valence-electron chi connectivity index (χ1n) is 10.2. The minimum Gasteiger partial charge on any atom is -0.398 e. The molecule has 1 amide bonds. The van der Waals surface area contributed by atoms with Crippen LogP contribution in [-0.2, 0) is 13.0 Å². The third-order valence-corrected chi connectivity index (χ3v) is 5.54. The maximum Gasteiger partial charge on any atom is 0.254 e. The van der Waals surface area contributed by atoms with Crippen molar-refractivity contribution < 1.29 is 4.79 Å². The van der Waals surface area contributed by atoms with Crippen LogP contribution in [0, 0.1) is 18.3 Å². The van der Waals surface area contributed by atoms with Crippen molar-refractivity contribution in [2.24, 2.45) is 0 Å². The fourth-order valence-electron chi connectivity index (χ4n) is 3.76. The number of benzene rings is 4. The molecule has 4 rings (SSSR count). The van der Waals surface area contributed by atoms with Crippen LogP contribution in [0.2, 0.25) is 0 Å². The molecule has 4 heteroatoms. The number of hydrogen-bond donors (Lipinski definition) is 2. The maximum atomic E-state index is 13.0. The zero-order valence-electron chi connectivity index (χ0n) is 17.4. The van der Waals surface area contributed by atoms with Crippen LogP contribution in [0.15, 0.2) is 78.9 Å². The molecule has 0 aliphatic heterocycles. The lowest BCUT2D eigenvalue weighted by atomic mass is 9.96. The molecule has 0 atom stereocenters. The molecule has 0 saturated heterocycles. The second kappa shape index (κ2) is 8.73. The van der Waals surface area contributed by atoms with Crippen LogP contribution >= 0.6 is 0 Å². The highest BCUT2D eigenvalue weighted by Crippen LogP contribution is 2.27. The van der Waals surface area contributed by atoms with Crippen molar-refractivity contribution in [1.29, 1.82) is 5.26 Å². The van der Waals surface area contributed by atoms with Gasteiger partial charge in [-0.05, 0) is 64.6 Å². The zero-order valence-corrected chi connectivity index (χ0v) is 17.4. The van der Waals surface area contributed by atoms with Crippen LogP contribution in [0.25, 0.3) is 10.8 Å².